The number of hydrogen-bond acceptors (Lipinski definition) is 9. The Balaban J connectivity index is 1.19. The van der Waals surface area contributed by atoms with Crippen molar-refractivity contribution in [2.75, 3.05) is 13.1 Å². The zero-order valence-corrected chi connectivity index (χ0v) is 26.9. The van der Waals surface area contributed by atoms with Crippen molar-refractivity contribution in [1.29, 1.82) is 0 Å². The van der Waals surface area contributed by atoms with E-state index < -0.39 is 4.92 Å². The van der Waals surface area contributed by atoms with E-state index in [1.807, 2.05) is 4.90 Å². The first-order chi connectivity index (χ1) is 20.7. The van der Waals surface area contributed by atoms with Gasteiger partial charge in [0, 0.05) is 71.6 Å². The van der Waals surface area contributed by atoms with Gasteiger partial charge in [0.2, 0.25) is 17.6 Å². The minimum atomic E-state index is -0.472. The Bertz CT molecular complexity index is 1640. The van der Waals surface area contributed by atoms with E-state index in [2.05, 4.69) is 69.2 Å². The monoisotopic (exact) mass is 617 g/mol. The van der Waals surface area contributed by atoms with Crippen LogP contribution in [0, 0.1) is 10.1 Å². The highest BCUT2D eigenvalue weighted by atomic mass is 32.1. The molecule has 44 heavy (non-hydrogen) atoms. The summed E-state index contributed by atoms with van der Waals surface area (Å²) in [5, 5.41) is 29.3. The molecular formula is C33H39N5O5S. The van der Waals surface area contributed by atoms with Crippen LogP contribution in [0.5, 0.6) is 5.75 Å². The van der Waals surface area contributed by atoms with Gasteiger partial charge in [-0.3, -0.25) is 14.9 Å². The SMILES string of the molecule is CC(C)(C)c1cc(-c2csc(C3CCN(C(=O)CCc4nc(-c5cccc([N+](=O)[O-])c5)no4)CC3)n2)cc(C(C)(C)C)c1O. The van der Waals surface area contributed by atoms with Crippen molar-refractivity contribution in [3.8, 4) is 28.4 Å². The Morgan fingerprint density at radius 2 is 1.70 bits per heavy atom. The molecule has 1 aliphatic heterocycles. The van der Waals surface area contributed by atoms with Crippen LogP contribution in [-0.4, -0.2) is 49.1 Å². The van der Waals surface area contributed by atoms with Crippen molar-refractivity contribution in [1.82, 2.24) is 20.0 Å². The summed E-state index contributed by atoms with van der Waals surface area (Å²) in [7, 11) is 0. The van der Waals surface area contributed by atoms with E-state index in [1.54, 1.807) is 23.5 Å². The fraction of sp³-hybridized carbons (Fsp3) is 0.455. The largest absolute Gasteiger partial charge is 0.507 e. The van der Waals surface area contributed by atoms with Gasteiger partial charge in [-0.2, -0.15) is 4.98 Å². The molecule has 0 atom stereocenters. The first kappa shape index (κ1) is 31.3. The molecule has 3 heterocycles. The summed E-state index contributed by atoms with van der Waals surface area (Å²) < 4.78 is 5.31. The number of amides is 1. The van der Waals surface area contributed by atoms with Crippen LogP contribution in [-0.2, 0) is 22.0 Å². The predicted molar refractivity (Wildman–Crippen MR) is 170 cm³/mol. The standard InChI is InChI=1S/C33H39N5O5S/c1-32(2,3)24-17-22(18-25(29(24)40)33(4,5)6)26-19-44-31(34-26)20-12-14-37(15-13-20)28(39)11-10-27-35-30(36-43-27)21-8-7-9-23(16-21)38(41)42/h7-9,16-20,40H,10-15H2,1-6H3. The van der Waals surface area contributed by atoms with Gasteiger partial charge >= 0.3 is 0 Å². The van der Waals surface area contributed by atoms with Crippen molar-refractivity contribution >= 4 is 22.9 Å². The average molecular weight is 618 g/mol. The molecule has 1 N–H and O–H groups in total. The molecule has 0 aliphatic carbocycles. The summed E-state index contributed by atoms with van der Waals surface area (Å²) in [4.78, 5) is 34.8. The molecule has 10 nitrogen and oxygen atoms in total. The van der Waals surface area contributed by atoms with Crippen LogP contribution in [0.2, 0.25) is 0 Å². The summed E-state index contributed by atoms with van der Waals surface area (Å²) in [6.45, 7) is 14.0. The number of aryl methyl sites for hydroxylation is 1. The van der Waals surface area contributed by atoms with E-state index in [4.69, 9.17) is 9.51 Å². The zero-order chi connectivity index (χ0) is 31.8. The minimum absolute atomic E-state index is 0.0342. The number of piperidine rings is 1. The lowest BCUT2D eigenvalue weighted by Crippen LogP contribution is -2.38. The number of thiazole rings is 1. The molecule has 0 saturated carbocycles. The molecule has 2 aromatic carbocycles. The average Bonchev–Trinajstić information content (AvgIpc) is 3.66. The topological polar surface area (TPSA) is 135 Å². The Kier molecular flexibility index (Phi) is 8.62. The zero-order valence-electron chi connectivity index (χ0n) is 26.1. The predicted octanol–water partition coefficient (Wildman–Crippen LogP) is 7.41. The van der Waals surface area contributed by atoms with Crippen LogP contribution < -0.4 is 0 Å². The number of nitro groups is 1. The maximum atomic E-state index is 13.0. The molecule has 0 bridgehead atoms. The Labute approximate surface area is 261 Å². The number of carbonyl (C=O) groups is 1. The molecular weight excluding hydrogens is 578 g/mol. The first-order valence-corrected chi connectivity index (χ1v) is 15.8. The third-order valence-electron chi connectivity index (χ3n) is 8.08. The van der Waals surface area contributed by atoms with E-state index in [-0.39, 0.29) is 40.6 Å². The van der Waals surface area contributed by atoms with Gasteiger partial charge in [0.05, 0.1) is 15.6 Å². The highest BCUT2D eigenvalue weighted by Gasteiger charge is 2.29. The molecule has 0 spiro atoms. The van der Waals surface area contributed by atoms with Crippen LogP contribution in [0.15, 0.2) is 46.3 Å². The number of phenolic OH excluding ortho intramolecular Hbond substituents is 1. The van der Waals surface area contributed by atoms with Crippen molar-refractivity contribution in [2.24, 2.45) is 0 Å². The van der Waals surface area contributed by atoms with Crippen LogP contribution >= 0.6 is 11.3 Å². The van der Waals surface area contributed by atoms with E-state index in [0.29, 0.717) is 36.7 Å². The van der Waals surface area contributed by atoms with Gasteiger partial charge in [0.25, 0.3) is 5.69 Å². The lowest BCUT2D eigenvalue weighted by Gasteiger charge is -2.31. The number of likely N-dealkylation sites (tertiary alicyclic amines) is 1. The molecule has 4 aromatic rings. The van der Waals surface area contributed by atoms with Crippen molar-refractivity contribution in [3.63, 3.8) is 0 Å². The number of phenols is 1. The highest BCUT2D eigenvalue weighted by molar-refractivity contribution is 7.10. The molecule has 5 rings (SSSR count). The molecule has 1 aliphatic rings. The molecule has 1 amide bonds. The highest BCUT2D eigenvalue weighted by Crippen LogP contribution is 2.42. The smallest absolute Gasteiger partial charge is 0.270 e. The van der Waals surface area contributed by atoms with Crippen molar-refractivity contribution in [2.45, 2.75) is 84.0 Å². The van der Waals surface area contributed by atoms with E-state index >= 15 is 0 Å². The quantitative estimate of drug-likeness (QED) is 0.167. The second-order valence-corrected chi connectivity index (χ2v) is 14.4. The molecule has 232 valence electrons. The fourth-order valence-corrected chi connectivity index (χ4v) is 6.51. The van der Waals surface area contributed by atoms with Crippen LogP contribution in [0.4, 0.5) is 5.69 Å². The minimum Gasteiger partial charge on any atom is -0.507 e. The van der Waals surface area contributed by atoms with Crippen molar-refractivity contribution < 1.29 is 19.3 Å². The number of carbonyl (C=O) groups excluding carboxylic acids is 1. The first-order valence-electron chi connectivity index (χ1n) is 14.9. The van der Waals surface area contributed by atoms with Gasteiger partial charge < -0.3 is 14.5 Å². The van der Waals surface area contributed by atoms with E-state index in [1.165, 1.54) is 12.1 Å². The number of non-ortho nitro benzene ring substituents is 1. The van der Waals surface area contributed by atoms with Gasteiger partial charge in [0.1, 0.15) is 5.75 Å². The van der Waals surface area contributed by atoms with E-state index in [0.717, 1.165) is 40.2 Å². The van der Waals surface area contributed by atoms with Crippen LogP contribution in [0.3, 0.4) is 0 Å². The number of rotatable bonds is 7. The molecule has 2 aromatic heterocycles. The maximum absolute atomic E-state index is 13.0. The fourth-order valence-electron chi connectivity index (χ4n) is 5.51. The van der Waals surface area contributed by atoms with Crippen molar-refractivity contribution in [3.05, 3.63) is 73.9 Å². The van der Waals surface area contributed by atoms with Gasteiger partial charge in [-0.25, -0.2) is 4.98 Å². The molecule has 1 saturated heterocycles. The Morgan fingerprint density at radius 3 is 2.32 bits per heavy atom. The summed E-state index contributed by atoms with van der Waals surface area (Å²) in [5.41, 5.74) is 3.79. The van der Waals surface area contributed by atoms with Crippen LogP contribution in [0.25, 0.3) is 22.6 Å². The summed E-state index contributed by atoms with van der Waals surface area (Å²) in [6.07, 6.45) is 2.23. The van der Waals surface area contributed by atoms with Gasteiger partial charge in [-0.1, -0.05) is 58.8 Å². The maximum Gasteiger partial charge on any atom is 0.270 e. The summed E-state index contributed by atoms with van der Waals surface area (Å²) in [5.74, 6) is 1.27. The third-order valence-corrected chi connectivity index (χ3v) is 9.08. The number of aromatic nitrogens is 3. The van der Waals surface area contributed by atoms with Gasteiger partial charge in [0.15, 0.2) is 0 Å². The Hall–Kier alpha value is -4.12. The number of aromatic hydroxyl groups is 1. The molecule has 1 fully saturated rings. The number of nitro benzene ring substituents is 1. The third kappa shape index (κ3) is 6.83. The second-order valence-electron chi connectivity index (χ2n) is 13.5. The second kappa shape index (κ2) is 12.1. The summed E-state index contributed by atoms with van der Waals surface area (Å²) in [6, 6.07) is 10.2. The molecule has 0 radical (unpaired) electrons. The van der Waals surface area contributed by atoms with Gasteiger partial charge in [-0.05, 0) is 35.8 Å². The number of benzene rings is 2. The van der Waals surface area contributed by atoms with Crippen LogP contribution in [0.1, 0.15) is 88.7 Å². The normalized spacial score (nSPS) is 14.6. The van der Waals surface area contributed by atoms with Gasteiger partial charge in [-0.15, -0.1) is 11.3 Å². The molecule has 11 heteroatoms. The summed E-state index contributed by atoms with van der Waals surface area (Å²) >= 11 is 1.66. The molecule has 0 unspecified atom stereocenters. The lowest BCUT2D eigenvalue weighted by atomic mass is 9.78. The van der Waals surface area contributed by atoms with E-state index in [9.17, 15) is 20.0 Å². The number of hydrogen-bond donors (Lipinski definition) is 1. The lowest BCUT2D eigenvalue weighted by molar-refractivity contribution is -0.384. The Morgan fingerprint density at radius 1 is 1.05 bits per heavy atom. The number of nitrogens with zero attached hydrogens (tertiary/aromatic N) is 5.